The van der Waals surface area contributed by atoms with Gasteiger partial charge in [-0.3, -0.25) is 4.79 Å². The first-order chi connectivity index (χ1) is 12.7. The van der Waals surface area contributed by atoms with E-state index in [-0.39, 0.29) is 5.91 Å². The number of likely N-dealkylation sites (N-methyl/N-ethyl adjacent to an activating group) is 1. The van der Waals surface area contributed by atoms with E-state index in [1.165, 1.54) is 0 Å². The van der Waals surface area contributed by atoms with Gasteiger partial charge in [-0.2, -0.15) is 0 Å². The molecule has 1 aliphatic rings. The van der Waals surface area contributed by atoms with Crippen molar-refractivity contribution in [2.75, 3.05) is 39.3 Å². The van der Waals surface area contributed by atoms with Gasteiger partial charge in [-0.15, -0.1) is 0 Å². The average molecular weight is 357 g/mol. The van der Waals surface area contributed by atoms with Crippen LogP contribution >= 0.6 is 0 Å². The number of amides is 1. The van der Waals surface area contributed by atoms with Gasteiger partial charge in [-0.05, 0) is 37.7 Å². The van der Waals surface area contributed by atoms with Crippen LogP contribution in [0.25, 0.3) is 11.3 Å². The summed E-state index contributed by atoms with van der Waals surface area (Å²) in [4.78, 5) is 21.0. The number of piperazine rings is 1. The number of oxazole rings is 1. The fourth-order valence-electron chi connectivity index (χ4n) is 3.13. The van der Waals surface area contributed by atoms with Crippen molar-refractivity contribution in [2.45, 2.75) is 26.7 Å². The van der Waals surface area contributed by atoms with Crippen molar-refractivity contribution in [3.05, 3.63) is 36.4 Å². The zero-order valence-electron chi connectivity index (χ0n) is 15.6. The molecule has 0 aliphatic carbocycles. The minimum absolute atomic E-state index is 0.182. The fraction of sp³-hybridized carbons (Fsp3) is 0.500. The van der Waals surface area contributed by atoms with Crippen LogP contribution < -0.4 is 4.74 Å². The molecular weight excluding hydrogens is 330 g/mol. The monoisotopic (exact) mass is 357 g/mol. The van der Waals surface area contributed by atoms with E-state index < -0.39 is 0 Å². The maximum Gasteiger partial charge on any atom is 0.223 e. The Morgan fingerprint density at radius 1 is 1.15 bits per heavy atom. The third kappa shape index (κ3) is 4.64. The van der Waals surface area contributed by atoms with Crippen LogP contribution in [0.1, 0.15) is 26.2 Å². The van der Waals surface area contributed by atoms with E-state index in [9.17, 15) is 4.79 Å². The summed E-state index contributed by atoms with van der Waals surface area (Å²) in [5.41, 5.74) is 0.953. The quantitative estimate of drug-likeness (QED) is 0.763. The summed E-state index contributed by atoms with van der Waals surface area (Å²) in [6.45, 7) is 9.36. The summed E-state index contributed by atoms with van der Waals surface area (Å²) in [5.74, 6) is 2.34. The SMILES string of the molecule is CCOc1ccc(-c2cnc(CCC(=O)N3CCN(CC)CC3)o2)cc1. The van der Waals surface area contributed by atoms with Crippen LogP contribution in [0.5, 0.6) is 5.75 Å². The topological polar surface area (TPSA) is 58.8 Å². The average Bonchev–Trinajstić information content (AvgIpc) is 3.16. The number of rotatable bonds is 7. The van der Waals surface area contributed by atoms with Crippen LogP contribution in [0.2, 0.25) is 0 Å². The van der Waals surface area contributed by atoms with Crippen molar-refractivity contribution in [1.82, 2.24) is 14.8 Å². The van der Waals surface area contributed by atoms with Crippen LogP contribution in [-0.2, 0) is 11.2 Å². The number of benzene rings is 1. The minimum Gasteiger partial charge on any atom is -0.494 e. The Hall–Kier alpha value is -2.34. The van der Waals surface area contributed by atoms with E-state index in [1.807, 2.05) is 36.1 Å². The van der Waals surface area contributed by atoms with Gasteiger partial charge in [0, 0.05) is 44.6 Å². The van der Waals surface area contributed by atoms with Crippen LogP contribution in [0.3, 0.4) is 0 Å². The van der Waals surface area contributed by atoms with Crippen molar-refractivity contribution >= 4 is 5.91 Å². The largest absolute Gasteiger partial charge is 0.494 e. The van der Waals surface area contributed by atoms with Gasteiger partial charge in [0.25, 0.3) is 0 Å². The Labute approximate surface area is 154 Å². The molecular formula is C20H27N3O3. The maximum absolute atomic E-state index is 12.4. The summed E-state index contributed by atoms with van der Waals surface area (Å²) in [6, 6.07) is 7.74. The fourth-order valence-corrected chi connectivity index (χ4v) is 3.13. The number of nitrogens with zero attached hydrogens (tertiary/aromatic N) is 3. The molecule has 0 bridgehead atoms. The van der Waals surface area contributed by atoms with Crippen molar-refractivity contribution in [1.29, 1.82) is 0 Å². The van der Waals surface area contributed by atoms with Crippen LogP contribution in [0.4, 0.5) is 0 Å². The number of aryl methyl sites for hydroxylation is 1. The van der Waals surface area contributed by atoms with Gasteiger partial charge in [-0.25, -0.2) is 4.98 Å². The van der Waals surface area contributed by atoms with Crippen LogP contribution in [-0.4, -0.2) is 60.0 Å². The van der Waals surface area contributed by atoms with E-state index in [4.69, 9.17) is 9.15 Å². The highest BCUT2D eigenvalue weighted by molar-refractivity contribution is 5.76. The smallest absolute Gasteiger partial charge is 0.223 e. The predicted octanol–water partition coefficient (Wildman–Crippen LogP) is 2.84. The molecule has 2 heterocycles. The molecule has 0 radical (unpaired) electrons. The molecule has 0 spiro atoms. The highest BCUT2D eigenvalue weighted by Gasteiger charge is 2.20. The summed E-state index contributed by atoms with van der Waals surface area (Å²) >= 11 is 0. The highest BCUT2D eigenvalue weighted by Crippen LogP contribution is 2.23. The lowest BCUT2D eigenvalue weighted by molar-refractivity contribution is -0.132. The lowest BCUT2D eigenvalue weighted by Crippen LogP contribution is -2.48. The van der Waals surface area contributed by atoms with Crippen molar-refractivity contribution in [2.24, 2.45) is 0 Å². The van der Waals surface area contributed by atoms with E-state index in [2.05, 4.69) is 16.8 Å². The number of carbonyl (C=O) groups is 1. The molecule has 3 rings (SSSR count). The Morgan fingerprint density at radius 3 is 2.54 bits per heavy atom. The lowest BCUT2D eigenvalue weighted by atomic mass is 10.2. The molecule has 1 saturated heterocycles. The Morgan fingerprint density at radius 2 is 1.88 bits per heavy atom. The number of aromatic nitrogens is 1. The molecule has 140 valence electrons. The van der Waals surface area contributed by atoms with Gasteiger partial charge in [0.15, 0.2) is 11.7 Å². The van der Waals surface area contributed by atoms with Crippen LogP contribution in [0.15, 0.2) is 34.9 Å². The first-order valence-electron chi connectivity index (χ1n) is 9.37. The summed E-state index contributed by atoms with van der Waals surface area (Å²) < 4.78 is 11.3. The minimum atomic E-state index is 0.182. The molecule has 6 nitrogen and oxygen atoms in total. The Kier molecular flexibility index (Phi) is 6.28. The van der Waals surface area contributed by atoms with Gasteiger partial charge in [-0.1, -0.05) is 6.92 Å². The number of carbonyl (C=O) groups excluding carboxylic acids is 1. The third-order valence-electron chi connectivity index (χ3n) is 4.73. The summed E-state index contributed by atoms with van der Waals surface area (Å²) in [7, 11) is 0. The second kappa shape index (κ2) is 8.85. The Bertz CT molecular complexity index is 703. The van der Waals surface area contributed by atoms with Gasteiger partial charge in [0.2, 0.25) is 5.91 Å². The van der Waals surface area contributed by atoms with Gasteiger partial charge < -0.3 is 19.0 Å². The molecule has 1 aliphatic heterocycles. The van der Waals surface area contributed by atoms with Crippen molar-refractivity contribution < 1.29 is 13.9 Å². The second-order valence-corrected chi connectivity index (χ2v) is 6.39. The molecule has 1 aromatic carbocycles. The molecule has 0 unspecified atom stereocenters. The molecule has 1 amide bonds. The molecule has 2 aromatic rings. The van der Waals surface area contributed by atoms with Crippen LogP contribution in [0, 0.1) is 0 Å². The van der Waals surface area contributed by atoms with Gasteiger partial charge >= 0.3 is 0 Å². The number of hydrogen-bond acceptors (Lipinski definition) is 5. The molecule has 0 N–H and O–H groups in total. The van der Waals surface area contributed by atoms with E-state index in [1.54, 1.807) is 6.20 Å². The maximum atomic E-state index is 12.4. The molecule has 1 aromatic heterocycles. The third-order valence-corrected chi connectivity index (χ3v) is 4.73. The molecule has 6 heteroatoms. The van der Waals surface area contributed by atoms with Gasteiger partial charge in [0.05, 0.1) is 12.8 Å². The first kappa shape index (κ1) is 18.5. The first-order valence-corrected chi connectivity index (χ1v) is 9.37. The van der Waals surface area contributed by atoms with E-state index in [0.717, 1.165) is 44.0 Å². The standard InChI is InChI=1S/C20H27N3O3/c1-3-22-11-13-23(14-12-22)20(24)10-9-19-21-15-18(26-19)16-5-7-17(8-6-16)25-4-2/h5-8,15H,3-4,9-14H2,1-2H3. The molecule has 0 saturated carbocycles. The molecule has 0 atom stereocenters. The zero-order chi connectivity index (χ0) is 18.4. The van der Waals surface area contributed by atoms with E-state index >= 15 is 0 Å². The lowest BCUT2D eigenvalue weighted by Gasteiger charge is -2.34. The van der Waals surface area contributed by atoms with Gasteiger partial charge in [0.1, 0.15) is 5.75 Å². The summed E-state index contributed by atoms with van der Waals surface area (Å²) in [5, 5.41) is 0. The highest BCUT2D eigenvalue weighted by atomic mass is 16.5. The molecule has 1 fully saturated rings. The zero-order valence-corrected chi connectivity index (χ0v) is 15.6. The van der Waals surface area contributed by atoms with E-state index in [0.29, 0.717) is 31.1 Å². The van der Waals surface area contributed by atoms with Crippen molar-refractivity contribution in [3.63, 3.8) is 0 Å². The van der Waals surface area contributed by atoms with Crippen molar-refractivity contribution in [3.8, 4) is 17.1 Å². The number of ether oxygens (including phenoxy) is 1. The second-order valence-electron chi connectivity index (χ2n) is 6.39. The Balaban J connectivity index is 1.51. The summed E-state index contributed by atoms with van der Waals surface area (Å²) in [6.07, 6.45) is 2.69. The predicted molar refractivity (Wildman–Crippen MR) is 100 cm³/mol. The normalized spacial score (nSPS) is 15.2. The number of hydrogen-bond donors (Lipinski definition) is 0. The molecule has 26 heavy (non-hydrogen) atoms.